The zero-order chi connectivity index (χ0) is 10.7. The molecule has 2 aromatic rings. The second-order valence-electron chi connectivity index (χ2n) is 3.34. The summed E-state index contributed by atoms with van der Waals surface area (Å²) in [5, 5.41) is 7.62. The molecule has 78 valence electrons. The summed E-state index contributed by atoms with van der Waals surface area (Å²) in [4.78, 5) is 0. The van der Waals surface area contributed by atoms with E-state index in [1.807, 2.05) is 24.0 Å². The van der Waals surface area contributed by atoms with Crippen molar-refractivity contribution in [2.45, 2.75) is 6.54 Å². The second-order valence-corrected chi connectivity index (χ2v) is 4.59. The molecule has 0 amide bonds. The molecule has 0 saturated heterocycles. The Morgan fingerprint density at radius 3 is 2.60 bits per heavy atom. The van der Waals surface area contributed by atoms with E-state index in [2.05, 4.69) is 57.3 Å². The molecule has 15 heavy (non-hydrogen) atoms. The smallest absolute Gasteiger partial charge is 0.0815 e. The van der Waals surface area contributed by atoms with E-state index >= 15 is 0 Å². The average Bonchev–Trinajstić information content (AvgIpc) is 2.64. The van der Waals surface area contributed by atoms with Gasteiger partial charge in [-0.1, -0.05) is 0 Å². The van der Waals surface area contributed by atoms with E-state index in [0.717, 1.165) is 17.9 Å². The van der Waals surface area contributed by atoms with Crippen LogP contribution in [0.15, 0.2) is 36.5 Å². The Morgan fingerprint density at radius 2 is 2.00 bits per heavy atom. The van der Waals surface area contributed by atoms with Crippen molar-refractivity contribution in [2.24, 2.45) is 7.05 Å². The topological polar surface area (TPSA) is 29.9 Å². The van der Waals surface area contributed by atoms with Crippen LogP contribution in [0.5, 0.6) is 0 Å². The van der Waals surface area contributed by atoms with Gasteiger partial charge in [-0.2, -0.15) is 5.10 Å². The maximum atomic E-state index is 4.30. The van der Waals surface area contributed by atoms with E-state index < -0.39 is 0 Å². The molecule has 0 aliphatic heterocycles. The molecule has 0 spiro atoms. The second kappa shape index (κ2) is 4.65. The van der Waals surface area contributed by atoms with Gasteiger partial charge in [-0.25, -0.2) is 0 Å². The number of anilines is 1. The standard InChI is InChI=1S/C11H12IN3/c1-15-7-6-11(14-15)8-13-10-4-2-9(12)3-5-10/h2-7,13H,8H2,1H3. The van der Waals surface area contributed by atoms with Crippen molar-refractivity contribution in [3.8, 4) is 0 Å². The Bertz CT molecular complexity index is 433. The first kappa shape index (κ1) is 10.5. The van der Waals surface area contributed by atoms with Crippen molar-refractivity contribution >= 4 is 28.3 Å². The lowest BCUT2D eigenvalue weighted by molar-refractivity contribution is 0.747. The summed E-state index contributed by atoms with van der Waals surface area (Å²) in [6, 6.07) is 10.3. The Labute approximate surface area is 103 Å². The third-order valence-corrected chi connectivity index (χ3v) is 2.81. The minimum absolute atomic E-state index is 0.765. The summed E-state index contributed by atoms with van der Waals surface area (Å²) in [5.74, 6) is 0. The molecule has 0 bridgehead atoms. The van der Waals surface area contributed by atoms with E-state index in [1.165, 1.54) is 3.57 Å². The average molecular weight is 313 g/mol. The number of nitrogens with one attached hydrogen (secondary N) is 1. The van der Waals surface area contributed by atoms with Crippen molar-refractivity contribution in [1.29, 1.82) is 0 Å². The minimum Gasteiger partial charge on any atom is -0.379 e. The first-order valence-corrected chi connectivity index (χ1v) is 5.80. The number of hydrogen-bond donors (Lipinski definition) is 1. The van der Waals surface area contributed by atoms with Crippen molar-refractivity contribution < 1.29 is 0 Å². The van der Waals surface area contributed by atoms with E-state index in [4.69, 9.17) is 0 Å². The van der Waals surface area contributed by atoms with Gasteiger partial charge < -0.3 is 5.32 Å². The van der Waals surface area contributed by atoms with Gasteiger partial charge in [0.2, 0.25) is 0 Å². The number of rotatable bonds is 3. The van der Waals surface area contributed by atoms with Crippen LogP contribution in [0.25, 0.3) is 0 Å². The fourth-order valence-corrected chi connectivity index (χ4v) is 1.68. The molecule has 4 heteroatoms. The lowest BCUT2D eigenvalue weighted by atomic mass is 10.3. The van der Waals surface area contributed by atoms with Gasteiger partial charge in [0.25, 0.3) is 0 Å². The van der Waals surface area contributed by atoms with E-state index in [1.54, 1.807) is 0 Å². The molecule has 0 saturated carbocycles. The van der Waals surface area contributed by atoms with Crippen LogP contribution in [0.4, 0.5) is 5.69 Å². The SMILES string of the molecule is Cn1ccc(CNc2ccc(I)cc2)n1. The first-order valence-electron chi connectivity index (χ1n) is 4.72. The molecule has 2 rings (SSSR count). The Hall–Kier alpha value is -1.04. The van der Waals surface area contributed by atoms with Gasteiger partial charge in [0.05, 0.1) is 12.2 Å². The Balaban J connectivity index is 1.96. The van der Waals surface area contributed by atoms with Gasteiger partial charge >= 0.3 is 0 Å². The predicted octanol–water partition coefficient (Wildman–Crippen LogP) is 2.64. The predicted molar refractivity (Wildman–Crippen MR) is 69.7 cm³/mol. The molecular weight excluding hydrogens is 301 g/mol. The molecular formula is C11H12IN3. The van der Waals surface area contributed by atoms with Crippen molar-refractivity contribution in [1.82, 2.24) is 9.78 Å². The van der Waals surface area contributed by atoms with Crippen LogP contribution in [0.3, 0.4) is 0 Å². The van der Waals surface area contributed by atoms with Gasteiger partial charge in [-0.3, -0.25) is 4.68 Å². The molecule has 0 aliphatic carbocycles. The minimum atomic E-state index is 0.765. The molecule has 1 aromatic carbocycles. The zero-order valence-corrected chi connectivity index (χ0v) is 10.6. The number of hydrogen-bond acceptors (Lipinski definition) is 2. The molecule has 3 nitrogen and oxygen atoms in total. The third-order valence-electron chi connectivity index (χ3n) is 2.09. The number of nitrogens with zero attached hydrogens (tertiary/aromatic N) is 2. The van der Waals surface area contributed by atoms with Crippen LogP contribution < -0.4 is 5.32 Å². The lowest BCUT2D eigenvalue weighted by Gasteiger charge is -2.03. The number of aryl methyl sites for hydroxylation is 1. The molecule has 0 atom stereocenters. The van der Waals surface area contributed by atoms with Crippen LogP contribution in [0, 0.1) is 3.57 Å². The lowest BCUT2D eigenvalue weighted by Crippen LogP contribution is -2.00. The molecule has 0 fully saturated rings. The first-order chi connectivity index (χ1) is 7.24. The monoisotopic (exact) mass is 313 g/mol. The van der Waals surface area contributed by atoms with Gasteiger partial charge in [-0.05, 0) is 52.9 Å². The Morgan fingerprint density at radius 1 is 1.27 bits per heavy atom. The highest BCUT2D eigenvalue weighted by atomic mass is 127. The fourth-order valence-electron chi connectivity index (χ4n) is 1.32. The van der Waals surface area contributed by atoms with E-state index in [0.29, 0.717) is 0 Å². The quantitative estimate of drug-likeness (QED) is 0.883. The van der Waals surface area contributed by atoms with Gasteiger partial charge in [0, 0.05) is 22.5 Å². The summed E-state index contributed by atoms with van der Waals surface area (Å²) >= 11 is 2.30. The van der Waals surface area contributed by atoms with E-state index in [9.17, 15) is 0 Å². The maximum absolute atomic E-state index is 4.30. The Kier molecular flexibility index (Phi) is 3.25. The normalized spacial score (nSPS) is 10.3. The molecule has 0 aliphatic rings. The van der Waals surface area contributed by atoms with Crippen LogP contribution in [0.2, 0.25) is 0 Å². The van der Waals surface area contributed by atoms with Crippen molar-refractivity contribution in [2.75, 3.05) is 5.32 Å². The molecule has 0 radical (unpaired) electrons. The highest BCUT2D eigenvalue weighted by Gasteiger charge is 1.96. The zero-order valence-electron chi connectivity index (χ0n) is 8.44. The number of aromatic nitrogens is 2. The van der Waals surface area contributed by atoms with E-state index in [-0.39, 0.29) is 0 Å². The molecule has 0 unspecified atom stereocenters. The largest absolute Gasteiger partial charge is 0.379 e. The highest BCUT2D eigenvalue weighted by Crippen LogP contribution is 2.11. The van der Waals surface area contributed by atoms with Gasteiger partial charge in [-0.15, -0.1) is 0 Å². The van der Waals surface area contributed by atoms with Crippen molar-refractivity contribution in [3.05, 3.63) is 45.8 Å². The number of halogens is 1. The van der Waals surface area contributed by atoms with Crippen LogP contribution in [-0.2, 0) is 13.6 Å². The summed E-state index contributed by atoms with van der Waals surface area (Å²) in [6.07, 6.45) is 1.95. The van der Waals surface area contributed by atoms with Crippen LogP contribution in [-0.4, -0.2) is 9.78 Å². The molecule has 1 aromatic heterocycles. The van der Waals surface area contributed by atoms with Gasteiger partial charge in [0.1, 0.15) is 0 Å². The maximum Gasteiger partial charge on any atom is 0.0815 e. The molecule has 1 heterocycles. The highest BCUT2D eigenvalue weighted by molar-refractivity contribution is 14.1. The fraction of sp³-hybridized carbons (Fsp3) is 0.182. The van der Waals surface area contributed by atoms with Crippen LogP contribution in [0.1, 0.15) is 5.69 Å². The summed E-state index contributed by atoms with van der Waals surface area (Å²) in [5.41, 5.74) is 2.18. The third kappa shape index (κ3) is 2.95. The van der Waals surface area contributed by atoms with Crippen molar-refractivity contribution in [3.63, 3.8) is 0 Å². The number of benzene rings is 1. The van der Waals surface area contributed by atoms with Gasteiger partial charge in [0.15, 0.2) is 0 Å². The summed E-state index contributed by atoms with van der Waals surface area (Å²) in [6.45, 7) is 0.765. The van der Waals surface area contributed by atoms with Crippen LogP contribution >= 0.6 is 22.6 Å². The summed E-state index contributed by atoms with van der Waals surface area (Å²) < 4.78 is 3.06. The molecule has 1 N–H and O–H groups in total. The summed E-state index contributed by atoms with van der Waals surface area (Å²) in [7, 11) is 1.92.